The quantitative estimate of drug-likeness (QED) is 0.693. The summed E-state index contributed by atoms with van der Waals surface area (Å²) >= 11 is 1.79. The number of hydrogen-bond donors (Lipinski definition) is 0. The Morgan fingerprint density at radius 1 is 1.50 bits per heavy atom. The summed E-state index contributed by atoms with van der Waals surface area (Å²) in [6.45, 7) is 2.96. The number of hydrogen-bond acceptors (Lipinski definition) is 3. The van der Waals surface area contributed by atoms with Crippen molar-refractivity contribution in [1.29, 1.82) is 0 Å². The van der Waals surface area contributed by atoms with E-state index < -0.39 is 0 Å². The number of carbonyl (C=O) groups excluding carboxylic acids is 1. The van der Waals surface area contributed by atoms with Gasteiger partial charge in [0.25, 0.3) is 0 Å². The Hall–Kier alpha value is -0.0200. The molecule has 1 aliphatic carbocycles. The standard InChI is InChI=1S/C13H22O2S/c1-2-8-16-10-12(14)11-4-7-15-13(9-11)5-3-6-13/h11H,2-10H2,1H3. The minimum atomic E-state index is 0.119. The van der Waals surface area contributed by atoms with Gasteiger partial charge in [-0.3, -0.25) is 4.79 Å². The zero-order valence-corrected chi connectivity index (χ0v) is 11.0. The van der Waals surface area contributed by atoms with Gasteiger partial charge in [0, 0.05) is 12.5 Å². The van der Waals surface area contributed by atoms with Crippen LogP contribution in [-0.2, 0) is 9.53 Å². The molecule has 2 fully saturated rings. The van der Waals surface area contributed by atoms with Crippen LogP contribution in [0.4, 0.5) is 0 Å². The van der Waals surface area contributed by atoms with E-state index in [0.29, 0.717) is 17.5 Å². The van der Waals surface area contributed by atoms with Gasteiger partial charge in [0.15, 0.2) is 0 Å². The predicted molar refractivity (Wildman–Crippen MR) is 67.9 cm³/mol. The lowest BCUT2D eigenvalue weighted by atomic mass is 9.71. The third kappa shape index (κ3) is 2.80. The minimum absolute atomic E-state index is 0.119. The Morgan fingerprint density at radius 3 is 2.94 bits per heavy atom. The number of rotatable bonds is 5. The van der Waals surface area contributed by atoms with E-state index in [9.17, 15) is 4.79 Å². The Kier molecular flexibility index (Phi) is 4.31. The van der Waals surface area contributed by atoms with Gasteiger partial charge in [0.1, 0.15) is 5.78 Å². The third-order valence-corrected chi connectivity index (χ3v) is 4.99. The van der Waals surface area contributed by atoms with Crippen LogP contribution in [0.25, 0.3) is 0 Å². The average molecular weight is 242 g/mol. The predicted octanol–water partition coefficient (Wildman–Crippen LogP) is 3.05. The lowest BCUT2D eigenvalue weighted by Crippen LogP contribution is -2.47. The minimum Gasteiger partial charge on any atom is -0.375 e. The van der Waals surface area contributed by atoms with Crippen molar-refractivity contribution >= 4 is 17.5 Å². The average Bonchev–Trinajstić information content (AvgIpc) is 2.27. The summed E-state index contributed by atoms with van der Waals surface area (Å²) in [6.07, 6.45) is 6.75. The summed E-state index contributed by atoms with van der Waals surface area (Å²) in [7, 11) is 0. The number of ether oxygens (including phenoxy) is 1. The largest absolute Gasteiger partial charge is 0.375 e. The molecule has 3 heteroatoms. The van der Waals surface area contributed by atoms with E-state index in [-0.39, 0.29) is 5.60 Å². The highest BCUT2D eigenvalue weighted by Crippen LogP contribution is 2.44. The fraction of sp³-hybridized carbons (Fsp3) is 0.923. The Morgan fingerprint density at radius 2 is 2.31 bits per heavy atom. The van der Waals surface area contributed by atoms with Crippen LogP contribution < -0.4 is 0 Å². The van der Waals surface area contributed by atoms with E-state index >= 15 is 0 Å². The van der Waals surface area contributed by atoms with Gasteiger partial charge < -0.3 is 4.74 Å². The van der Waals surface area contributed by atoms with Crippen molar-refractivity contribution in [2.24, 2.45) is 5.92 Å². The van der Waals surface area contributed by atoms with Crippen molar-refractivity contribution < 1.29 is 9.53 Å². The van der Waals surface area contributed by atoms with Gasteiger partial charge in [0.05, 0.1) is 11.4 Å². The highest BCUT2D eigenvalue weighted by molar-refractivity contribution is 7.99. The molecule has 1 heterocycles. The van der Waals surface area contributed by atoms with Crippen LogP contribution in [0.3, 0.4) is 0 Å². The molecule has 2 aliphatic rings. The lowest BCUT2D eigenvalue weighted by molar-refractivity contribution is -0.154. The van der Waals surface area contributed by atoms with Crippen LogP contribution in [0.2, 0.25) is 0 Å². The third-order valence-electron chi connectivity index (χ3n) is 3.81. The first-order valence-electron chi connectivity index (χ1n) is 6.50. The van der Waals surface area contributed by atoms with E-state index in [2.05, 4.69) is 6.92 Å². The summed E-state index contributed by atoms with van der Waals surface area (Å²) in [4.78, 5) is 12.0. The van der Waals surface area contributed by atoms with Crippen molar-refractivity contribution in [3.63, 3.8) is 0 Å². The van der Waals surface area contributed by atoms with Crippen LogP contribution in [0.1, 0.15) is 45.4 Å². The van der Waals surface area contributed by atoms with Crippen molar-refractivity contribution in [2.45, 2.75) is 51.0 Å². The van der Waals surface area contributed by atoms with Crippen LogP contribution in [0.5, 0.6) is 0 Å². The summed E-state index contributed by atoms with van der Waals surface area (Å²) in [5.41, 5.74) is 0.119. The van der Waals surface area contributed by atoms with E-state index in [1.54, 1.807) is 11.8 Å². The molecular weight excluding hydrogens is 220 g/mol. The zero-order valence-electron chi connectivity index (χ0n) is 10.2. The maximum Gasteiger partial charge on any atom is 0.146 e. The molecular formula is C13H22O2S. The van der Waals surface area contributed by atoms with Gasteiger partial charge in [-0.05, 0) is 44.3 Å². The van der Waals surface area contributed by atoms with E-state index in [1.165, 1.54) is 19.3 Å². The van der Waals surface area contributed by atoms with Gasteiger partial charge in [0.2, 0.25) is 0 Å². The van der Waals surface area contributed by atoms with Crippen LogP contribution in [0.15, 0.2) is 0 Å². The Labute approximate surface area is 103 Å². The summed E-state index contributed by atoms with van der Waals surface area (Å²) in [6, 6.07) is 0. The summed E-state index contributed by atoms with van der Waals surface area (Å²) in [5, 5.41) is 0. The fourth-order valence-electron chi connectivity index (χ4n) is 2.66. The van der Waals surface area contributed by atoms with Gasteiger partial charge in [-0.1, -0.05) is 6.92 Å². The van der Waals surface area contributed by atoms with Gasteiger partial charge in [-0.25, -0.2) is 0 Å². The molecule has 0 radical (unpaired) electrons. The molecule has 0 aromatic heterocycles. The van der Waals surface area contributed by atoms with Crippen LogP contribution in [0, 0.1) is 5.92 Å². The second kappa shape index (κ2) is 5.54. The first kappa shape index (κ1) is 12.4. The van der Waals surface area contributed by atoms with E-state index in [4.69, 9.17) is 4.74 Å². The molecule has 1 atom stereocenters. The molecule has 1 unspecified atom stereocenters. The number of Topliss-reactive ketones (excluding diaryl/α,β-unsaturated/α-hetero) is 1. The molecule has 2 nitrogen and oxygen atoms in total. The lowest BCUT2D eigenvalue weighted by Gasteiger charge is -2.46. The summed E-state index contributed by atoms with van der Waals surface area (Å²) < 4.78 is 5.85. The van der Waals surface area contributed by atoms with E-state index in [1.807, 2.05) is 0 Å². The molecule has 0 bridgehead atoms. The molecule has 92 valence electrons. The molecule has 1 saturated heterocycles. The van der Waals surface area contributed by atoms with Crippen molar-refractivity contribution in [3.05, 3.63) is 0 Å². The molecule has 0 amide bonds. The monoisotopic (exact) mass is 242 g/mol. The van der Waals surface area contributed by atoms with E-state index in [0.717, 1.165) is 31.6 Å². The van der Waals surface area contributed by atoms with Gasteiger partial charge >= 0.3 is 0 Å². The van der Waals surface area contributed by atoms with Gasteiger partial charge in [-0.2, -0.15) is 11.8 Å². The van der Waals surface area contributed by atoms with Crippen LogP contribution >= 0.6 is 11.8 Å². The summed E-state index contributed by atoms with van der Waals surface area (Å²) in [5.74, 6) is 2.58. The molecule has 1 spiro atoms. The van der Waals surface area contributed by atoms with Crippen LogP contribution in [-0.4, -0.2) is 29.5 Å². The SMILES string of the molecule is CCCSCC(=O)C1CCOC2(CCC2)C1. The normalized spacial score (nSPS) is 27.7. The molecule has 2 rings (SSSR count). The fourth-order valence-corrected chi connectivity index (χ4v) is 3.53. The molecule has 0 aromatic rings. The smallest absolute Gasteiger partial charge is 0.146 e. The number of thioether (sulfide) groups is 1. The Bertz CT molecular complexity index is 248. The topological polar surface area (TPSA) is 26.3 Å². The Balaban J connectivity index is 1.77. The molecule has 0 aromatic carbocycles. The molecule has 0 N–H and O–H groups in total. The maximum absolute atomic E-state index is 12.0. The first-order valence-corrected chi connectivity index (χ1v) is 7.66. The first-order chi connectivity index (χ1) is 7.76. The van der Waals surface area contributed by atoms with Crippen molar-refractivity contribution in [1.82, 2.24) is 0 Å². The number of carbonyl (C=O) groups is 1. The second-order valence-electron chi connectivity index (χ2n) is 5.09. The van der Waals surface area contributed by atoms with Crippen molar-refractivity contribution in [3.8, 4) is 0 Å². The van der Waals surface area contributed by atoms with Crippen molar-refractivity contribution in [2.75, 3.05) is 18.1 Å². The maximum atomic E-state index is 12.0. The molecule has 1 saturated carbocycles. The number of ketones is 1. The highest BCUT2D eigenvalue weighted by atomic mass is 32.2. The molecule has 16 heavy (non-hydrogen) atoms. The van der Waals surface area contributed by atoms with Gasteiger partial charge in [-0.15, -0.1) is 0 Å². The molecule has 1 aliphatic heterocycles. The second-order valence-corrected chi connectivity index (χ2v) is 6.20. The highest BCUT2D eigenvalue weighted by Gasteiger charge is 2.43. The zero-order chi connectivity index (χ0) is 11.4.